The largest absolute Gasteiger partial charge is 0.388 e. The van der Waals surface area contributed by atoms with E-state index in [0.717, 1.165) is 43.8 Å². The molecular formula is C14H22ClN3O. The van der Waals surface area contributed by atoms with E-state index < -0.39 is 5.60 Å². The summed E-state index contributed by atoms with van der Waals surface area (Å²) in [6, 6.07) is 1.70. The van der Waals surface area contributed by atoms with E-state index in [1.165, 1.54) is 0 Å². The van der Waals surface area contributed by atoms with Gasteiger partial charge in [0, 0.05) is 19.0 Å². The second kappa shape index (κ2) is 6.06. The molecule has 0 aromatic carbocycles. The number of halogens is 1. The van der Waals surface area contributed by atoms with Gasteiger partial charge in [-0.05, 0) is 31.6 Å². The summed E-state index contributed by atoms with van der Waals surface area (Å²) < 4.78 is 0. The van der Waals surface area contributed by atoms with E-state index >= 15 is 0 Å². The average Bonchev–Trinajstić information content (AvgIpc) is 2.40. The molecule has 2 rings (SSSR count). The van der Waals surface area contributed by atoms with Crippen molar-refractivity contribution in [3.8, 4) is 0 Å². The average molecular weight is 284 g/mol. The van der Waals surface area contributed by atoms with Gasteiger partial charge in [-0.25, -0.2) is 9.97 Å². The van der Waals surface area contributed by atoms with Crippen LogP contribution >= 0.6 is 11.6 Å². The molecule has 106 valence electrons. The van der Waals surface area contributed by atoms with E-state index in [1.807, 2.05) is 6.92 Å². The van der Waals surface area contributed by atoms with Crippen molar-refractivity contribution in [2.75, 3.05) is 11.9 Å². The molecule has 2 N–H and O–H groups in total. The molecule has 1 aromatic rings. The highest BCUT2D eigenvalue weighted by Crippen LogP contribution is 2.31. The molecule has 1 aliphatic rings. The highest BCUT2D eigenvalue weighted by molar-refractivity contribution is 6.29. The van der Waals surface area contributed by atoms with Crippen molar-refractivity contribution in [3.63, 3.8) is 0 Å². The molecule has 0 radical (unpaired) electrons. The van der Waals surface area contributed by atoms with E-state index in [9.17, 15) is 5.11 Å². The number of nitrogens with one attached hydrogen (secondary N) is 1. The Morgan fingerprint density at radius 1 is 1.42 bits per heavy atom. The first kappa shape index (κ1) is 14.5. The van der Waals surface area contributed by atoms with Crippen LogP contribution in [0.5, 0.6) is 0 Å². The minimum Gasteiger partial charge on any atom is -0.388 e. The zero-order valence-electron chi connectivity index (χ0n) is 11.6. The maximum Gasteiger partial charge on any atom is 0.134 e. The summed E-state index contributed by atoms with van der Waals surface area (Å²) in [6.07, 6.45) is 4.62. The van der Waals surface area contributed by atoms with Crippen LogP contribution in [0.3, 0.4) is 0 Å². The number of rotatable bonds is 4. The minimum atomic E-state index is -0.615. The van der Waals surface area contributed by atoms with Crippen LogP contribution < -0.4 is 5.32 Å². The van der Waals surface area contributed by atoms with Crippen LogP contribution in [-0.4, -0.2) is 27.2 Å². The van der Waals surface area contributed by atoms with E-state index in [-0.39, 0.29) is 0 Å². The molecule has 5 heteroatoms. The number of hydrogen-bond donors (Lipinski definition) is 2. The normalized spacial score (nSPS) is 27.3. The Bertz CT molecular complexity index is 431. The van der Waals surface area contributed by atoms with Crippen molar-refractivity contribution in [2.24, 2.45) is 5.92 Å². The molecule has 0 spiro atoms. The zero-order valence-corrected chi connectivity index (χ0v) is 12.4. The molecular weight excluding hydrogens is 262 g/mol. The van der Waals surface area contributed by atoms with Crippen molar-refractivity contribution in [2.45, 2.75) is 51.6 Å². The molecule has 1 saturated carbocycles. The van der Waals surface area contributed by atoms with Gasteiger partial charge < -0.3 is 10.4 Å². The van der Waals surface area contributed by atoms with Crippen molar-refractivity contribution >= 4 is 17.4 Å². The lowest BCUT2D eigenvalue weighted by atomic mass is 9.79. The van der Waals surface area contributed by atoms with Crippen LogP contribution in [0.4, 0.5) is 5.82 Å². The molecule has 4 nitrogen and oxygen atoms in total. The molecule has 0 atom stereocenters. The van der Waals surface area contributed by atoms with Gasteiger partial charge in [0.25, 0.3) is 0 Å². The van der Waals surface area contributed by atoms with E-state index in [4.69, 9.17) is 11.6 Å². The van der Waals surface area contributed by atoms with Gasteiger partial charge in [-0.2, -0.15) is 0 Å². The maximum absolute atomic E-state index is 10.5. The minimum absolute atomic E-state index is 0.443. The van der Waals surface area contributed by atoms with Gasteiger partial charge in [0.05, 0.1) is 5.60 Å². The second-order valence-electron chi connectivity index (χ2n) is 5.61. The van der Waals surface area contributed by atoms with Gasteiger partial charge in [0.1, 0.15) is 16.8 Å². The van der Waals surface area contributed by atoms with Crippen molar-refractivity contribution in [3.05, 3.63) is 17.0 Å². The number of anilines is 1. The standard InChI is InChI=1S/C14H22ClN3O/c1-3-12-17-11(15)8-13(18-12)16-9-14(19)6-4-10(2)5-7-14/h8,10,19H,3-7,9H2,1-2H3,(H,16,17,18). The third-order valence-electron chi connectivity index (χ3n) is 3.86. The molecule has 1 aromatic heterocycles. The van der Waals surface area contributed by atoms with Crippen LogP contribution in [0.15, 0.2) is 6.07 Å². The predicted molar refractivity (Wildman–Crippen MR) is 77.5 cm³/mol. The Kier molecular flexibility index (Phi) is 4.63. The van der Waals surface area contributed by atoms with Crippen LogP contribution in [0.2, 0.25) is 5.15 Å². The summed E-state index contributed by atoms with van der Waals surface area (Å²) in [7, 11) is 0. The van der Waals surface area contributed by atoms with Crippen molar-refractivity contribution in [1.29, 1.82) is 0 Å². The van der Waals surface area contributed by atoms with E-state index in [0.29, 0.717) is 17.5 Å². The van der Waals surface area contributed by atoms with Crippen molar-refractivity contribution < 1.29 is 5.11 Å². The quantitative estimate of drug-likeness (QED) is 0.834. The molecule has 19 heavy (non-hydrogen) atoms. The summed E-state index contributed by atoms with van der Waals surface area (Å²) in [6.45, 7) is 4.76. The van der Waals surface area contributed by atoms with Crippen LogP contribution in [-0.2, 0) is 6.42 Å². The summed E-state index contributed by atoms with van der Waals surface area (Å²) >= 11 is 5.95. The Hall–Kier alpha value is -0.870. The van der Waals surface area contributed by atoms with Gasteiger partial charge in [-0.15, -0.1) is 0 Å². The SMILES string of the molecule is CCc1nc(Cl)cc(NCC2(O)CCC(C)CC2)n1. The number of aliphatic hydroxyl groups is 1. The molecule has 1 fully saturated rings. The van der Waals surface area contributed by atoms with Crippen LogP contribution in [0, 0.1) is 5.92 Å². The number of aromatic nitrogens is 2. The Balaban J connectivity index is 1.96. The van der Waals surface area contributed by atoms with Gasteiger partial charge in [0.15, 0.2) is 0 Å². The molecule has 0 aliphatic heterocycles. The molecule has 0 unspecified atom stereocenters. The van der Waals surface area contributed by atoms with Gasteiger partial charge in [0.2, 0.25) is 0 Å². The lowest BCUT2D eigenvalue weighted by Gasteiger charge is -2.35. The smallest absolute Gasteiger partial charge is 0.134 e. The Morgan fingerprint density at radius 3 is 2.74 bits per heavy atom. The third-order valence-corrected chi connectivity index (χ3v) is 4.05. The Labute approximate surface area is 119 Å². The van der Waals surface area contributed by atoms with E-state index in [1.54, 1.807) is 6.07 Å². The molecule has 1 heterocycles. The van der Waals surface area contributed by atoms with Gasteiger partial charge >= 0.3 is 0 Å². The van der Waals surface area contributed by atoms with Gasteiger partial charge in [-0.3, -0.25) is 0 Å². The number of aryl methyl sites for hydroxylation is 1. The first-order valence-corrected chi connectivity index (χ1v) is 7.38. The van der Waals surface area contributed by atoms with E-state index in [2.05, 4.69) is 22.2 Å². The Morgan fingerprint density at radius 2 is 2.11 bits per heavy atom. The fourth-order valence-corrected chi connectivity index (χ4v) is 2.65. The second-order valence-corrected chi connectivity index (χ2v) is 5.99. The predicted octanol–water partition coefficient (Wildman–Crippen LogP) is 3.05. The topological polar surface area (TPSA) is 58.0 Å². The van der Waals surface area contributed by atoms with Gasteiger partial charge in [-0.1, -0.05) is 25.4 Å². The number of nitrogens with zero attached hydrogens (tertiary/aromatic N) is 2. The fraction of sp³-hybridized carbons (Fsp3) is 0.714. The highest BCUT2D eigenvalue weighted by Gasteiger charge is 2.31. The zero-order chi connectivity index (χ0) is 13.9. The van der Waals surface area contributed by atoms with Crippen molar-refractivity contribution in [1.82, 2.24) is 9.97 Å². The highest BCUT2D eigenvalue weighted by atomic mass is 35.5. The molecule has 1 aliphatic carbocycles. The van der Waals surface area contributed by atoms with Crippen LogP contribution in [0.1, 0.15) is 45.4 Å². The summed E-state index contributed by atoms with van der Waals surface area (Å²) in [4.78, 5) is 8.49. The monoisotopic (exact) mass is 283 g/mol. The maximum atomic E-state index is 10.5. The number of hydrogen-bond acceptors (Lipinski definition) is 4. The summed E-state index contributed by atoms with van der Waals surface area (Å²) in [5.41, 5.74) is -0.615. The molecule has 0 amide bonds. The summed E-state index contributed by atoms with van der Waals surface area (Å²) in [5.74, 6) is 2.14. The summed E-state index contributed by atoms with van der Waals surface area (Å²) in [5, 5.41) is 14.2. The van der Waals surface area contributed by atoms with Crippen LogP contribution in [0.25, 0.3) is 0 Å². The third kappa shape index (κ3) is 4.05. The lowest BCUT2D eigenvalue weighted by molar-refractivity contribution is 0.00494. The first-order valence-electron chi connectivity index (χ1n) is 7.00. The molecule has 0 saturated heterocycles. The fourth-order valence-electron chi connectivity index (χ4n) is 2.44. The lowest BCUT2D eigenvalue weighted by Crippen LogP contribution is -2.40. The molecule has 0 bridgehead atoms. The first-order chi connectivity index (χ1) is 9.00.